The van der Waals surface area contributed by atoms with Gasteiger partial charge in [0, 0.05) is 45.3 Å². The Balaban J connectivity index is 2.29. The normalized spacial score (nSPS) is 18.1. The van der Waals surface area contributed by atoms with E-state index in [0.717, 1.165) is 38.1 Å². The molecule has 124 valence electrons. The van der Waals surface area contributed by atoms with Gasteiger partial charge in [-0.05, 0) is 52.9 Å². The summed E-state index contributed by atoms with van der Waals surface area (Å²) < 4.78 is 0. The van der Waals surface area contributed by atoms with E-state index < -0.39 is 0 Å². The van der Waals surface area contributed by atoms with Crippen LogP contribution in [0.1, 0.15) is 53.9 Å². The fourth-order valence-electron chi connectivity index (χ4n) is 3.13. The highest BCUT2D eigenvalue weighted by Gasteiger charge is 2.18. The first-order valence-electron chi connectivity index (χ1n) is 8.67. The van der Waals surface area contributed by atoms with Crippen LogP contribution in [0.15, 0.2) is 4.99 Å². The fraction of sp³-hybridized carbons (Fsp3) is 0.941. The molecule has 0 radical (unpaired) electrons. The summed E-state index contributed by atoms with van der Waals surface area (Å²) in [7, 11) is 1.90. The molecule has 1 fully saturated rings. The van der Waals surface area contributed by atoms with Gasteiger partial charge in [0.1, 0.15) is 0 Å². The summed E-state index contributed by atoms with van der Waals surface area (Å²) in [4.78, 5) is 9.40. The molecule has 0 aliphatic carbocycles. The van der Waals surface area contributed by atoms with Gasteiger partial charge in [0.2, 0.25) is 0 Å². The van der Waals surface area contributed by atoms with Crippen LogP contribution in [0.2, 0.25) is 0 Å². The van der Waals surface area contributed by atoms with Crippen molar-refractivity contribution in [2.75, 3.05) is 33.2 Å². The number of nitrogens with one attached hydrogen (secondary N) is 1. The Kier molecular flexibility index (Phi) is 8.09. The molecule has 0 amide bonds. The molecule has 0 aromatic rings. The zero-order valence-electron chi connectivity index (χ0n) is 15.0. The summed E-state index contributed by atoms with van der Waals surface area (Å²) >= 11 is 0. The Morgan fingerprint density at radius 3 is 2.24 bits per heavy atom. The maximum atomic E-state index is 4.44. The van der Waals surface area contributed by atoms with E-state index in [0.29, 0.717) is 12.1 Å². The number of hydrogen-bond donors (Lipinski definition) is 1. The maximum Gasteiger partial charge on any atom is 0.193 e. The van der Waals surface area contributed by atoms with E-state index in [2.05, 4.69) is 54.7 Å². The van der Waals surface area contributed by atoms with Crippen molar-refractivity contribution in [2.45, 2.75) is 66.0 Å². The van der Waals surface area contributed by atoms with Crippen LogP contribution in [0.4, 0.5) is 0 Å². The number of rotatable bonds is 6. The number of aliphatic imine (C=N–C) groups is 1. The van der Waals surface area contributed by atoms with Crippen LogP contribution in [0.25, 0.3) is 0 Å². The average molecular weight is 297 g/mol. The van der Waals surface area contributed by atoms with Gasteiger partial charge in [-0.15, -0.1) is 0 Å². The van der Waals surface area contributed by atoms with E-state index in [-0.39, 0.29) is 0 Å². The minimum Gasteiger partial charge on any atom is -0.356 e. The molecule has 1 rings (SSSR count). The molecule has 0 spiro atoms. The van der Waals surface area contributed by atoms with Gasteiger partial charge in [-0.3, -0.25) is 9.89 Å². The van der Waals surface area contributed by atoms with Gasteiger partial charge in [-0.25, -0.2) is 0 Å². The molecule has 0 atom stereocenters. The first-order chi connectivity index (χ1) is 9.95. The molecule has 4 nitrogen and oxygen atoms in total. The number of piperidine rings is 1. The number of likely N-dealkylation sites (tertiary alicyclic amines) is 1. The third-order valence-corrected chi connectivity index (χ3v) is 4.50. The SMILES string of the molecule is CN=C(NCCCN(C(C)C)C(C)C)N1CCC(C)CC1. The van der Waals surface area contributed by atoms with Gasteiger partial charge >= 0.3 is 0 Å². The second-order valence-electron chi connectivity index (χ2n) is 6.92. The van der Waals surface area contributed by atoms with Gasteiger partial charge in [-0.2, -0.15) is 0 Å². The summed E-state index contributed by atoms with van der Waals surface area (Å²) in [6, 6.07) is 1.24. The molecule has 0 aromatic carbocycles. The standard InChI is InChI=1S/C17H36N4/c1-14(2)21(15(3)4)11-7-10-19-17(18-6)20-12-8-16(5)9-13-20/h14-16H,7-13H2,1-6H3,(H,18,19). The van der Waals surface area contributed by atoms with Crippen LogP contribution in [-0.4, -0.2) is 61.1 Å². The number of hydrogen-bond acceptors (Lipinski definition) is 2. The van der Waals surface area contributed by atoms with Gasteiger partial charge in [-0.1, -0.05) is 6.92 Å². The van der Waals surface area contributed by atoms with Crippen LogP contribution in [0.5, 0.6) is 0 Å². The molecule has 1 N–H and O–H groups in total. The van der Waals surface area contributed by atoms with Crippen LogP contribution >= 0.6 is 0 Å². The quantitative estimate of drug-likeness (QED) is 0.464. The van der Waals surface area contributed by atoms with Crippen molar-refractivity contribution >= 4 is 5.96 Å². The fourth-order valence-corrected chi connectivity index (χ4v) is 3.13. The second kappa shape index (κ2) is 9.29. The molecular weight excluding hydrogens is 260 g/mol. The molecule has 1 saturated heterocycles. The lowest BCUT2D eigenvalue weighted by Gasteiger charge is -2.33. The van der Waals surface area contributed by atoms with Crippen molar-refractivity contribution in [3.05, 3.63) is 0 Å². The van der Waals surface area contributed by atoms with Crippen LogP contribution < -0.4 is 5.32 Å². The summed E-state index contributed by atoms with van der Waals surface area (Å²) in [5.74, 6) is 1.95. The minimum atomic E-state index is 0.618. The van der Waals surface area contributed by atoms with E-state index in [1.54, 1.807) is 0 Å². The lowest BCUT2D eigenvalue weighted by atomic mass is 10.00. The van der Waals surface area contributed by atoms with Crippen molar-refractivity contribution in [1.29, 1.82) is 0 Å². The summed E-state index contributed by atoms with van der Waals surface area (Å²) in [5, 5.41) is 3.54. The first kappa shape index (κ1) is 18.3. The van der Waals surface area contributed by atoms with E-state index in [1.165, 1.54) is 19.3 Å². The van der Waals surface area contributed by atoms with Crippen LogP contribution in [-0.2, 0) is 0 Å². The highest BCUT2D eigenvalue weighted by Crippen LogP contribution is 2.15. The molecule has 1 aliphatic rings. The smallest absolute Gasteiger partial charge is 0.193 e. The van der Waals surface area contributed by atoms with E-state index in [1.807, 2.05) is 7.05 Å². The van der Waals surface area contributed by atoms with Gasteiger partial charge < -0.3 is 10.2 Å². The molecule has 4 heteroatoms. The third-order valence-electron chi connectivity index (χ3n) is 4.50. The van der Waals surface area contributed by atoms with Gasteiger partial charge in [0.05, 0.1) is 0 Å². The molecule has 0 saturated carbocycles. The second-order valence-corrected chi connectivity index (χ2v) is 6.92. The maximum absolute atomic E-state index is 4.44. The predicted octanol–water partition coefficient (Wildman–Crippen LogP) is 2.80. The van der Waals surface area contributed by atoms with Crippen molar-refractivity contribution in [1.82, 2.24) is 15.1 Å². The van der Waals surface area contributed by atoms with Crippen molar-refractivity contribution in [2.24, 2.45) is 10.9 Å². The average Bonchev–Trinajstić information content (AvgIpc) is 2.43. The van der Waals surface area contributed by atoms with Crippen molar-refractivity contribution in [3.8, 4) is 0 Å². The van der Waals surface area contributed by atoms with Gasteiger partial charge in [0.25, 0.3) is 0 Å². The van der Waals surface area contributed by atoms with E-state index in [9.17, 15) is 0 Å². The molecule has 21 heavy (non-hydrogen) atoms. The zero-order valence-corrected chi connectivity index (χ0v) is 15.0. The van der Waals surface area contributed by atoms with E-state index >= 15 is 0 Å². The summed E-state index contributed by atoms with van der Waals surface area (Å²) in [6.45, 7) is 15.9. The number of guanidine groups is 1. The Bertz CT molecular complexity index is 296. The largest absolute Gasteiger partial charge is 0.356 e. The Hall–Kier alpha value is -0.770. The van der Waals surface area contributed by atoms with Crippen molar-refractivity contribution < 1.29 is 0 Å². The predicted molar refractivity (Wildman–Crippen MR) is 92.9 cm³/mol. The van der Waals surface area contributed by atoms with Crippen LogP contribution in [0.3, 0.4) is 0 Å². The Labute approximate surface area is 132 Å². The highest BCUT2D eigenvalue weighted by atomic mass is 15.3. The molecule has 0 bridgehead atoms. The number of nitrogens with zero attached hydrogens (tertiary/aromatic N) is 3. The zero-order chi connectivity index (χ0) is 15.8. The molecule has 1 heterocycles. The monoisotopic (exact) mass is 296 g/mol. The summed E-state index contributed by atoms with van der Waals surface area (Å²) in [5.41, 5.74) is 0. The lowest BCUT2D eigenvalue weighted by molar-refractivity contribution is 0.173. The molecule has 0 unspecified atom stereocenters. The Morgan fingerprint density at radius 2 is 1.76 bits per heavy atom. The lowest BCUT2D eigenvalue weighted by Crippen LogP contribution is -2.46. The molecule has 0 aromatic heterocycles. The first-order valence-corrected chi connectivity index (χ1v) is 8.67. The van der Waals surface area contributed by atoms with Crippen LogP contribution in [0, 0.1) is 5.92 Å². The highest BCUT2D eigenvalue weighted by molar-refractivity contribution is 5.79. The topological polar surface area (TPSA) is 30.9 Å². The molecule has 1 aliphatic heterocycles. The van der Waals surface area contributed by atoms with Gasteiger partial charge in [0.15, 0.2) is 5.96 Å². The molecular formula is C17H36N4. The minimum absolute atomic E-state index is 0.618. The Morgan fingerprint density at radius 1 is 1.19 bits per heavy atom. The summed E-state index contributed by atoms with van der Waals surface area (Å²) in [6.07, 6.45) is 3.74. The van der Waals surface area contributed by atoms with Crippen molar-refractivity contribution in [3.63, 3.8) is 0 Å². The van der Waals surface area contributed by atoms with E-state index in [4.69, 9.17) is 0 Å². The third kappa shape index (κ3) is 6.25.